The number of amides is 1. The Morgan fingerprint density at radius 3 is 2.42 bits per heavy atom. The normalized spacial score (nSPS) is 16.6. The highest BCUT2D eigenvalue weighted by atomic mass is 32.2. The molecule has 0 bridgehead atoms. The van der Waals surface area contributed by atoms with Crippen LogP contribution < -0.4 is 14.9 Å². The highest BCUT2D eigenvalue weighted by molar-refractivity contribution is 7.92. The number of piperidine rings is 1. The van der Waals surface area contributed by atoms with E-state index in [1.807, 2.05) is 0 Å². The molecule has 1 fully saturated rings. The lowest BCUT2D eigenvalue weighted by atomic mass is 9.98. The molecule has 1 saturated heterocycles. The third-order valence-corrected chi connectivity index (χ3v) is 5.16. The van der Waals surface area contributed by atoms with Gasteiger partial charge in [0.2, 0.25) is 10.0 Å². The molecular formula is C17H28N3O3S+. The third kappa shape index (κ3) is 5.21. The molecule has 1 aromatic rings. The summed E-state index contributed by atoms with van der Waals surface area (Å²) in [4.78, 5) is 14.0. The summed E-state index contributed by atoms with van der Waals surface area (Å²) in [6.07, 6.45) is 4.82. The number of likely N-dealkylation sites (tertiary alicyclic amines) is 1. The van der Waals surface area contributed by atoms with Crippen LogP contribution >= 0.6 is 0 Å². The van der Waals surface area contributed by atoms with Crippen molar-refractivity contribution in [2.45, 2.75) is 38.6 Å². The Kier molecular flexibility index (Phi) is 5.87. The summed E-state index contributed by atoms with van der Waals surface area (Å²) in [6.45, 7) is 7.14. The Morgan fingerprint density at radius 1 is 1.17 bits per heavy atom. The summed E-state index contributed by atoms with van der Waals surface area (Å²) in [5.74, 6) is -0.258. The Bertz CT molecular complexity index is 680. The van der Waals surface area contributed by atoms with E-state index in [2.05, 4.69) is 23.9 Å². The second-order valence-electron chi connectivity index (χ2n) is 7.15. The van der Waals surface area contributed by atoms with Crippen molar-refractivity contribution in [1.82, 2.24) is 5.32 Å². The van der Waals surface area contributed by atoms with E-state index >= 15 is 0 Å². The molecule has 1 aliphatic heterocycles. The van der Waals surface area contributed by atoms with Crippen LogP contribution in [0.15, 0.2) is 24.3 Å². The number of carbonyl (C=O) groups excluding carboxylic acids is 1. The third-order valence-electron chi connectivity index (χ3n) is 4.57. The molecule has 0 aromatic heterocycles. The number of benzene rings is 1. The topological polar surface area (TPSA) is 79.7 Å². The summed E-state index contributed by atoms with van der Waals surface area (Å²) in [7, 11) is -3.43. The molecule has 0 spiro atoms. The Labute approximate surface area is 144 Å². The first-order valence-corrected chi connectivity index (χ1v) is 10.3. The molecule has 1 aromatic carbocycles. The molecule has 0 aliphatic carbocycles. The van der Waals surface area contributed by atoms with E-state index in [-0.39, 0.29) is 11.4 Å². The lowest BCUT2D eigenvalue weighted by Gasteiger charge is -2.37. The molecule has 2 rings (SSSR count). The molecule has 0 unspecified atom stereocenters. The number of para-hydroxylation sites is 1. The van der Waals surface area contributed by atoms with E-state index < -0.39 is 10.0 Å². The molecule has 1 amide bonds. The van der Waals surface area contributed by atoms with Crippen LogP contribution in [0.2, 0.25) is 0 Å². The van der Waals surface area contributed by atoms with Crippen molar-refractivity contribution < 1.29 is 18.1 Å². The quantitative estimate of drug-likeness (QED) is 0.701. The van der Waals surface area contributed by atoms with Gasteiger partial charge in [0.15, 0.2) is 0 Å². The van der Waals surface area contributed by atoms with Gasteiger partial charge in [-0.05, 0) is 45.2 Å². The molecule has 0 saturated carbocycles. The molecule has 0 atom stereocenters. The van der Waals surface area contributed by atoms with Crippen LogP contribution in [0.4, 0.5) is 5.69 Å². The van der Waals surface area contributed by atoms with Gasteiger partial charge in [0.05, 0.1) is 37.1 Å². The summed E-state index contributed by atoms with van der Waals surface area (Å²) >= 11 is 0. The van der Waals surface area contributed by atoms with Crippen LogP contribution in [0.1, 0.15) is 43.5 Å². The average molecular weight is 354 g/mol. The zero-order chi connectivity index (χ0) is 17.8. The smallest absolute Gasteiger partial charge is 0.253 e. The van der Waals surface area contributed by atoms with Crippen LogP contribution in [0.3, 0.4) is 0 Å². The number of rotatable bonds is 6. The monoisotopic (exact) mass is 354 g/mol. The van der Waals surface area contributed by atoms with Crippen LogP contribution in [0.25, 0.3) is 0 Å². The number of anilines is 1. The highest BCUT2D eigenvalue weighted by Crippen LogP contribution is 2.16. The van der Waals surface area contributed by atoms with Gasteiger partial charge >= 0.3 is 0 Å². The van der Waals surface area contributed by atoms with E-state index in [1.54, 1.807) is 24.3 Å². The molecule has 6 nitrogen and oxygen atoms in total. The minimum atomic E-state index is -3.43. The first-order chi connectivity index (χ1) is 11.2. The van der Waals surface area contributed by atoms with Gasteiger partial charge in [0.1, 0.15) is 5.54 Å². The number of sulfonamides is 1. The van der Waals surface area contributed by atoms with Crippen molar-refractivity contribution >= 4 is 21.6 Å². The van der Waals surface area contributed by atoms with Gasteiger partial charge in [-0.3, -0.25) is 9.52 Å². The predicted octanol–water partition coefficient (Wildman–Crippen LogP) is 0.635. The Hall–Kier alpha value is -1.60. The SMILES string of the molecule is CC(C)(CNC(=O)c1ccccc1NS(C)(=O)=O)[NH+]1CCCCC1. The van der Waals surface area contributed by atoms with Crippen molar-refractivity contribution in [2.75, 3.05) is 30.6 Å². The molecule has 1 heterocycles. The number of quaternary nitrogens is 1. The van der Waals surface area contributed by atoms with Crippen LogP contribution in [-0.2, 0) is 10.0 Å². The second-order valence-corrected chi connectivity index (χ2v) is 8.90. The largest absolute Gasteiger partial charge is 0.346 e. The van der Waals surface area contributed by atoms with Crippen molar-refractivity contribution in [3.8, 4) is 0 Å². The van der Waals surface area contributed by atoms with E-state index in [1.165, 1.54) is 24.2 Å². The van der Waals surface area contributed by atoms with Gasteiger partial charge in [0, 0.05) is 0 Å². The van der Waals surface area contributed by atoms with Crippen molar-refractivity contribution in [1.29, 1.82) is 0 Å². The van der Waals surface area contributed by atoms with Gasteiger partial charge in [0.25, 0.3) is 5.91 Å². The zero-order valence-corrected chi connectivity index (χ0v) is 15.5. The van der Waals surface area contributed by atoms with E-state index in [9.17, 15) is 13.2 Å². The Balaban J connectivity index is 2.04. The molecule has 3 N–H and O–H groups in total. The lowest BCUT2D eigenvalue weighted by molar-refractivity contribution is -0.951. The van der Waals surface area contributed by atoms with E-state index in [0.717, 1.165) is 19.3 Å². The first-order valence-electron chi connectivity index (χ1n) is 8.39. The highest BCUT2D eigenvalue weighted by Gasteiger charge is 2.32. The maximum Gasteiger partial charge on any atom is 0.253 e. The van der Waals surface area contributed by atoms with Gasteiger partial charge in [-0.25, -0.2) is 8.42 Å². The molecule has 7 heteroatoms. The van der Waals surface area contributed by atoms with Gasteiger partial charge in [-0.2, -0.15) is 0 Å². The van der Waals surface area contributed by atoms with Gasteiger partial charge < -0.3 is 10.2 Å². The fraction of sp³-hybridized carbons (Fsp3) is 0.588. The number of carbonyl (C=O) groups is 1. The second kappa shape index (κ2) is 7.53. The van der Waals surface area contributed by atoms with Gasteiger partial charge in [-0.1, -0.05) is 12.1 Å². The minimum absolute atomic E-state index is 0.0463. The Morgan fingerprint density at radius 2 is 1.79 bits per heavy atom. The van der Waals surface area contributed by atoms with Crippen molar-refractivity contribution in [3.63, 3.8) is 0 Å². The zero-order valence-electron chi connectivity index (χ0n) is 14.7. The fourth-order valence-corrected chi connectivity index (χ4v) is 3.72. The van der Waals surface area contributed by atoms with Crippen LogP contribution in [0.5, 0.6) is 0 Å². The average Bonchev–Trinajstić information content (AvgIpc) is 2.52. The molecular weight excluding hydrogens is 326 g/mol. The van der Waals surface area contributed by atoms with Crippen LogP contribution in [0, 0.1) is 0 Å². The summed E-state index contributed by atoms with van der Waals surface area (Å²) in [6, 6.07) is 6.65. The number of hydrogen-bond acceptors (Lipinski definition) is 3. The first kappa shape index (κ1) is 18.7. The molecule has 1 aliphatic rings. The predicted molar refractivity (Wildman–Crippen MR) is 95.9 cm³/mol. The van der Waals surface area contributed by atoms with E-state index in [4.69, 9.17) is 0 Å². The number of hydrogen-bond donors (Lipinski definition) is 3. The number of nitrogens with one attached hydrogen (secondary N) is 3. The standard InChI is InChI=1S/C17H27N3O3S/c1-17(2,20-11-7-4-8-12-20)13-18-16(21)14-9-5-6-10-15(14)19-24(3,22)23/h5-6,9-10,19H,4,7-8,11-13H2,1-3H3,(H,18,21)/p+1. The summed E-state index contributed by atoms with van der Waals surface area (Å²) < 4.78 is 25.3. The van der Waals surface area contributed by atoms with Gasteiger partial charge in [-0.15, -0.1) is 0 Å². The van der Waals surface area contributed by atoms with Crippen molar-refractivity contribution in [3.05, 3.63) is 29.8 Å². The maximum atomic E-state index is 12.5. The molecule has 24 heavy (non-hydrogen) atoms. The fourth-order valence-electron chi connectivity index (χ4n) is 3.15. The summed E-state index contributed by atoms with van der Waals surface area (Å²) in [5, 5.41) is 2.97. The van der Waals surface area contributed by atoms with Crippen molar-refractivity contribution in [2.24, 2.45) is 0 Å². The maximum absolute atomic E-state index is 12.5. The minimum Gasteiger partial charge on any atom is -0.346 e. The summed E-state index contributed by atoms with van der Waals surface area (Å²) in [5.41, 5.74) is 0.600. The van der Waals surface area contributed by atoms with E-state index in [0.29, 0.717) is 17.8 Å². The van der Waals surface area contributed by atoms with Crippen LogP contribution in [-0.4, -0.2) is 45.8 Å². The lowest BCUT2D eigenvalue weighted by Crippen LogP contribution is -3.20. The molecule has 134 valence electrons. The molecule has 0 radical (unpaired) electrons.